The second-order valence-electron chi connectivity index (χ2n) is 6.32. The number of anilines is 1. The maximum Gasteiger partial charge on any atom is 0.234 e. The van der Waals surface area contributed by atoms with E-state index in [1.54, 1.807) is 0 Å². The summed E-state index contributed by atoms with van der Waals surface area (Å²) in [6.07, 6.45) is 2.33. The molecular formula is C18H27N3O2S. The third-order valence-corrected chi connectivity index (χ3v) is 5.28. The first kappa shape index (κ1) is 18.8. The van der Waals surface area contributed by atoms with Crippen LogP contribution in [0.5, 0.6) is 0 Å². The van der Waals surface area contributed by atoms with Gasteiger partial charge < -0.3 is 16.0 Å². The van der Waals surface area contributed by atoms with Gasteiger partial charge in [-0.05, 0) is 57.8 Å². The van der Waals surface area contributed by atoms with Crippen molar-refractivity contribution in [2.75, 3.05) is 30.7 Å². The Balaban J connectivity index is 1.65. The Morgan fingerprint density at radius 1 is 1.33 bits per heavy atom. The van der Waals surface area contributed by atoms with Gasteiger partial charge in [0, 0.05) is 12.2 Å². The normalized spacial score (nSPS) is 18.7. The van der Waals surface area contributed by atoms with E-state index in [1.807, 2.05) is 38.1 Å². The van der Waals surface area contributed by atoms with Crippen molar-refractivity contribution in [3.63, 3.8) is 0 Å². The number of carbonyl (C=O) groups excluding carboxylic acids is 2. The van der Waals surface area contributed by atoms with Gasteiger partial charge in [0.25, 0.3) is 0 Å². The van der Waals surface area contributed by atoms with Gasteiger partial charge in [0.1, 0.15) is 0 Å². The Bertz CT molecular complexity index is 542. The maximum absolute atomic E-state index is 12.1. The molecule has 24 heavy (non-hydrogen) atoms. The number of piperidine rings is 1. The van der Waals surface area contributed by atoms with Crippen LogP contribution in [0, 0.1) is 12.8 Å². The standard InChI is InChI=1S/C18H27N3O2S/c1-13-5-7-16(8-6-13)21-17(22)12-24-14(2)18(23)20-11-15-4-3-9-19-10-15/h5-8,14-15,19H,3-4,9-12H2,1-2H3,(H,20,23)(H,21,22). The Morgan fingerprint density at radius 3 is 2.75 bits per heavy atom. The molecule has 2 amide bonds. The lowest BCUT2D eigenvalue weighted by Crippen LogP contribution is -2.40. The Kier molecular flexibility index (Phi) is 7.59. The molecule has 0 saturated carbocycles. The molecule has 1 heterocycles. The molecule has 0 spiro atoms. The summed E-state index contributed by atoms with van der Waals surface area (Å²) in [7, 11) is 0. The zero-order valence-corrected chi connectivity index (χ0v) is 15.2. The van der Waals surface area contributed by atoms with Crippen LogP contribution in [0.2, 0.25) is 0 Å². The lowest BCUT2D eigenvalue weighted by Gasteiger charge is -2.23. The lowest BCUT2D eigenvalue weighted by atomic mass is 10.00. The highest BCUT2D eigenvalue weighted by Crippen LogP contribution is 2.14. The quantitative estimate of drug-likeness (QED) is 0.706. The van der Waals surface area contributed by atoms with Crippen LogP contribution >= 0.6 is 11.8 Å². The second kappa shape index (κ2) is 9.69. The zero-order chi connectivity index (χ0) is 17.4. The molecule has 1 saturated heterocycles. The van der Waals surface area contributed by atoms with Crippen molar-refractivity contribution in [3.8, 4) is 0 Å². The number of rotatable bonds is 7. The van der Waals surface area contributed by atoms with E-state index in [0.29, 0.717) is 12.5 Å². The minimum Gasteiger partial charge on any atom is -0.355 e. The largest absolute Gasteiger partial charge is 0.355 e. The first-order chi connectivity index (χ1) is 11.5. The maximum atomic E-state index is 12.1. The molecule has 1 aliphatic heterocycles. The zero-order valence-electron chi connectivity index (χ0n) is 14.4. The number of nitrogens with one attached hydrogen (secondary N) is 3. The molecule has 0 aliphatic carbocycles. The predicted molar refractivity (Wildman–Crippen MR) is 100 cm³/mol. The van der Waals surface area contributed by atoms with Gasteiger partial charge in [0.05, 0.1) is 11.0 Å². The van der Waals surface area contributed by atoms with Gasteiger partial charge in [0.15, 0.2) is 0 Å². The van der Waals surface area contributed by atoms with Gasteiger partial charge in [0.2, 0.25) is 11.8 Å². The number of hydrogen-bond acceptors (Lipinski definition) is 4. The van der Waals surface area contributed by atoms with E-state index in [4.69, 9.17) is 0 Å². The highest BCUT2D eigenvalue weighted by atomic mass is 32.2. The van der Waals surface area contributed by atoms with Crippen LogP contribution in [0.3, 0.4) is 0 Å². The molecule has 1 aromatic rings. The molecule has 2 unspecified atom stereocenters. The second-order valence-corrected chi connectivity index (χ2v) is 7.65. The summed E-state index contributed by atoms with van der Waals surface area (Å²) in [5, 5.41) is 8.96. The highest BCUT2D eigenvalue weighted by Gasteiger charge is 2.18. The lowest BCUT2D eigenvalue weighted by molar-refractivity contribution is -0.120. The number of carbonyl (C=O) groups is 2. The third-order valence-electron chi connectivity index (χ3n) is 4.13. The predicted octanol–water partition coefficient (Wildman–Crippen LogP) is 2.17. The first-order valence-corrected chi connectivity index (χ1v) is 9.56. The first-order valence-electron chi connectivity index (χ1n) is 8.51. The third kappa shape index (κ3) is 6.53. The summed E-state index contributed by atoms with van der Waals surface area (Å²) in [5.74, 6) is 0.714. The van der Waals surface area contributed by atoms with Gasteiger partial charge in [-0.2, -0.15) is 0 Å². The molecular weight excluding hydrogens is 322 g/mol. The minimum absolute atomic E-state index is 0.00806. The highest BCUT2D eigenvalue weighted by molar-refractivity contribution is 8.01. The fraction of sp³-hybridized carbons (Fsp3) is 0.556. The Morgan fingerprint density at radius 2 is 2.08 bits per heavy atom. The van der Waals surface area contributed by atoms with Crippen LogP contribution < -0.4 is 16.0 Å². The molecule has 2 rings (SSSR count). The van der Waals surface area contributed by atoms with Gasteiger partial charge in [-0.1, -0.05) is 17.7 Å². The van der Waals surface area contributed by atoms with Crippen LogP contribution in [0.25, 0.3) is 0 Å². The molecule has 1 aliphatic rings. The molecule has 5 nitrogen and oxygen atoms in total. The van der Waals surface area contributed by atoms with Crippen LogP contribution in [0.1, 0.15) is 25.3 Å². The van der Waals surface area contributed by atoms with Crippen molar-refractivity contribution in [1.82, 2.24) is 10.6 Å². The minimum atomic E-state index is -0.231. The molecule has 1 fully saturated rings. The summed E-state index contributed by atoms with van der Waals surface area (Å²) < 4.78 is 0. The molecule has 0 radical (unpaired) electrons. The molecule has 3 N–H and O–H groups in total. The van der Waals surface area contributed by atoms with Crippen LogP contribution in [-0.4, -0.2) is 42.5 Å². The van der Waals surface area contributed by atoms with Crippen molar-refractivity contribution in [3.05, 3.63) is 29.8 Å². The fourth-order valence-corrected chi connectivity index (χ4v) is 3.31. The van der Waals surface area contributed by atoms with Crippen molar-refractivity contribution < 1.29 is 9.59 Å². The van der Waals surface area contributed by atoms with Crippen LogP contribution in [0.4, 0.5) is 5.69 Å². The van der Waals surface area contributed by atoms with E-state index in [1.165, 1.54) is 18.2 Å². The van der Waals surface area contributed by atoms with E-state index in [-0.39, 0.29) is 22.8 Å². The average Bonchev–Trinajstić information content (AvgIpc) is 2.60. The summed E-state index contributed by atoms with van der Waals surface area (Å²) >= 11 is 1.36. The van der Waals surface area contributed by atoms with Gasteiger partial charge in [-0.3, -0.25) is 9.59 Å². The number of aryl methyl sites for hydroxylation is 1. The summed E-state index contributed by atoms with van der Waals surface area (Å²) in [5.41, 5.74) is 1.94. The molecule has 0 aromatic heterocycles. The van der Waals surface area contributed by atoms with Crippen molar-refractivity contribution >= 4 is 29.3 Å². The van der Waals surface area contributed by atoms with Crippen molar-refractivity contribution in [2.45, 2.75) is 31.9 Å². The van der Waals surface area contributed by atoms with E-state index >= 15 is 0 Å². The van der Waals surface area contributed by atoms with Gasteiger partial charge >= 0.3 is 0 Å². The van der Waals surface area contributed by atoms with Crippen LogP contribution in [-0.2, 0) is 9.59 Å². The monoisotopic (exact) mass is 349 g/mol. The van der Waals surface area contributed by atoms with Gasteiger partial charge in [-0.15, -0.1) is 11.8 Å². The molecule has 1 aromatic carbocycles. The topological polar surface area (TPSA) is 70.2 Å². The van der Waals surface area contributed by atoms with E-state index < -0.39 is 0 Å². The molecule has 132 valence electrons. The Labute approximate surface area is 148 Å². The number of thioether (sulfide) groups is 1. The van der Waals surface area contributed by atoms with Crippen molar-refractivity contribution in [1.29, 1.82) is 0 Å². The SMILES string of the molecule is Cc1ccc(NC(=O)CSC(C)C(=O)NCC2CCCNC2)cc1. The van der Waals surface area contributed by atoms with E-state index in [2.05, 4.69) is 16.0 Å². The summed E-state index contributed by atoms with van der Waals surface area (Å²) in [6, 6.07) is 7.68. The average molecular weight is 350 g/mol. The smallest absolute Gasteiger partial charge is 0.234 e. The van der Waals surface area contributed by atoms with Crippen molar-refractivity contribution in [2.24, 2.45) is 5.92 Å². The molecule has 0 bridgehead atoms. The van der Waals surface area contributed by atoms with Gasteiger partial charge in [-0.25, -0.2) is 0 Å². The Hall–Kier alpha value is -1.53. The summed E-state index contributed by atoms with van der Waals surface area (Å²) in [4.78, 5) is 24.1. The molecule has 2 atom stereocenters. The van der Waals surface area contributed by atoms with E-state index in [0.717, 1.165) is 30.8 Å². The number of amides is 2. The summed E-state index contributed by atoms with van der Waals surface area (Å²) in [6.45, 7) is 6.61. The van der Waals surface area contributed by atoms with Crippen LogP contribution in [0.15, 0.2) is 24.3 Å². The fourth-order valence-electron chi connectivity index (χ4n) is 2.60. The number of hydrogen-bond donors (Lipinski definition) is 3. The number of benzene rings is 1. The van der Waals surface area contributed by atoms with E-state index in [9.17, 15) is 9.59 Å². The molecule has 6 heteroatoms.